The van der Waals surface area contributed by atoms with Crippen molar-refractivity contribution in [2.75, 3.05) is 6.61 Å². The molecule has 0 unspecified atom stereocenters. The van der Waals surface area contributed by atoms with E-state index in [-0.39, 0.29) is 5.03 Å². The van der Waals surface area contributed by atoms with Gasteiger partial charge in [0, 0.05) is 5.54 Å². The Balaban J connectivity index is 3.53. The van der Waals surface area contributed by atoms with Gasteiger partial charge in [0.15, 0.2) is 0 Å². The lowest BCUT2D eigenvalue weighted by Crippen LogP contribution is -2.04. The Labute approximate surface area is 76.1 Å². The van der Waals surface area contributed by atoms with Gasteiger partial charge < -0.3 is 4.74 Å². The van der Waals surface area contributed by atoms with Crippen molar-refractivity contribution in [2.24, 2.45) is 0 Å². The highest BCUT2D eigenvalue weighted by Gasteiger charge is 2.05. The third-order valence-electron chi connectivity index (χ3n) is 1.02. The van der Waals surface area contributed by atoms with Crippen LogP contribution in [0.15, 0.2) is 10.6 Å². The summed E-state index contributed by atoms with van der Waals surface area (Å²) in [4.78, 5) is 10.7. The molecule has 0 saturated carbocycles. The van der Waals surface area contributed by atoms with E-state index in [0.29, 0.717) is 6.61 Å². The fourth-order valence-electron chi connectivity index (χ4n) is 0.423. The second-order valence-electron chi connectivity index (χ2n) is 1.95. The van der Waals surface area contributed by atoms with Gasteiger partial charge in [-0.3, -0.25) is 0 Å². The summed E-state index contributed by atoms with van der Waals surface area (Å²) in [6.07, 6.45) is 1.83. The molecule has 0 saturated heterocycles. The summed E-state index contributed by atoms with van der Waals surface area (Å²) in [6, 6.07) is 0. The van der Waals surface area contributed by atoms with Crippen LogP contribution in [-0.4, -0.2) is 12.6 Å². The van der Waals surface area contributed by atoms with Crippen LogP contribution in [0.3, 0.4) is 0 Å². The molecule has 0 radical (unpaired) electrons. The van der Waals surface area contributed by atoms with Gasteiger partial charge in [-0.1, -0.05) is 36.5 Å². The molecule has 0 bridgehead atoms. The minimum atomic E-state index is -0.560. The molecule has 0 amide bonds. The number of unbranched alkanes of at least 4 members (excludes halogenated alkanes) is 1. The predicted molar refractivity (Wildman–Crippen MR) is 45.7 cm³/mol. The van der Waals surface area contributed by atoms with Gasteiger partial charge in [0.25, 0.3) is 0 Å². The van der Waals surface area contributed by atoms with Gasteiger partial charge in [0.1, 0.15) is 5.03 Å². The summed E-state index contributed by atoms with van der Waals surface area (Å²) in [7, 11) is 0. The zero-order valence-electron chi connectivity index (χ0n) is 6.27. The highest BCUT2D eigenvalue weighted by molar-refractivity contribution is 6.45. The smallest absolute Gasteiger partial charge is 0.350 e. The molecule has 0 spiro atoms. The highest BCUT2D eigenvalue weighted by Crippen LogP contribution is 2.05. The normalized spacial score (nSPS) is 11.4. The molecule has 0 atom stereocenters. The van der Waals surface area contributed by atoms with Crippen LogP contribution < -0.4 is 0 Å². The maximum absolute atomic E-state index is 10.7. The first kappa shape index (κ1) is 10.8. The Morgan fingerprint density at radius 1 is 1.64 bits per heavy atom. The molecule has 64 valence electrons. The monoisotopic (exact) mass is 196 g/mol. The maximum Gasteiger partial charge on any atom is 0.350 e. The van der Waals surface area contributed by atoms with Crippen molar-refractivity contribution in [3.63, 3.8) is 0 Å². The molecular weight excluding hydrogens is 187 g/mol. The lowest BCUT2D eigenvalue weighted by atomic mass is 10.4. The average Bonchev–Trinajstić information content (AvgIpc) is 2.03. The van der Waals surface area contributed by atoms with Crippen LogP contribution in [0.25, 0.3) is 0 Å². The summed E-state index contributed by atoms with van der Waals surface area (Å²) in [6.45, 7) is 2.41. The van der Waals surface area contributed by atoms with Crippen LogP contribution in [0.1, 0.15) is 19.8 Å². The Morgan fingerprint density at radius 3 is 2.73 bits per heavy atom. The van der Waals surface area contributed by atoms with Crippen LogP contribution in [0, 0.1) is 0 Å². The minimum absolute atomic E-state index is 0.0808. The summed E-state index contributed by atoms with van der Waals surface area (Å²) in [5.74, 6) is -0.560. The van der Waals surface area contributed by atoms with Crippen molar-refractivity contribution in [1.29, 1.82) is 0 Å². The molecule has 0 aromatic carbocycles. The van der Waals surface area contributed by atoms with Gasteiger partial charge >= 0.3 is 5.97 Å². The van der Waals surface area contributed by atoms with Gasteiger partial charge in [-0.25, -0.2) is 4.79 Å². The lowest BCUT2D eigenvalue weighted by Gasteiger charge is -2.00. The third-order valence-corrected chi connectivity index (χ3v) is 1.62. The number of halogens is 2. The van der Waals surface area contributed by atoms with Crippen molar-refractivity contribution in [3.8, 4) is 0 Å². The molecule has 0 rings (SSSR count). The van der Waals surface area contributed by atoms with E-state index < -0.39 is 5.97 Å². The Hall–Kier alpha value is -0.210. The molecule has 0 N–H and O–H groups in total. The Morgan fingerprint density at radius 2 is 2.27 bits per heavy atom. The number of hydrogen-bond donors (Lipinski definition) is 0. The van der Waals surface area contributed by atoms with E-state index in [0.717, 1.165) is 18.4 Å². The fourth-order valence-corrected chi connectivity index (χ4v) is 0.566. The zero-order valence-corrected chi connectivity index (χ0v) is 7.78. The lowest BCUT2D eigenvalue weighted by molar-refractivity contribution is -0.138. The van der Waals surface area contributed by atoms with Crippen LogP contribution in [-0.2, 0) is 9.53 Å². The molecule has 0 aromatic rings. The first-order valence-corrected chi connectivity index (χ1v) is 4.16. The Kier molecular flexibility index (Phi) is 6.37. The number of esters is 1. The van der Waals surface area contributed by atoms with Gasteiger partial charge in [-0.2, -0.15) is 0 Å². The second kappa shape index (κ2) is 6.50. The fraction of sp³-hybridized carbons (Fsp3) is 0.571. The van der Waals surface area contributed by atoms with E-state index in [1.165, 1.54) is 0 Å². The van der Waals surface area contributed by atoms with Crippen LogP contribution in [0.5, 0.6) is 0 Å². The third kappa shape index (κ3) is 5.10. The summed E-state index contributed by atoms with van der Waals surface area (Å²) in [5.41, 5.74) is 0.996. The summed E-state index contributed by atoms with van der Waals surface area (Å²) >= 11 is 10.5. The molecule has 0 aliphatic rings. The molecule has 0 aliphatic carbocycles. The van der Waals surface area contributed by atoms with E-state index in [2.05, 4.69) is 0 Å². The SMILES string of the molecule is CCCCOC(=O)/C(Cl)=C\Cl. The first-order chi connectivity index (χ1) is 5.22. The van der Waals surface area contributed by atoms with Gasteiger partial charge in [-0.05, 0) is 6.42 Å². The average molecular weight is 197 g/mol. The molecule has 0 aromatic heterocycles. The van der Waals surface area contributed by atoms with Crippen LogP contribution in [0.4, 0.5) is 0 Å². The van der Waals surface area contributed by atoms with Crippen molar-refractivity contribution in [3.05, 3.63) is 10.6 Å². The zero-order chi connectivity index (χ0) is 8.69. The molecule has 0 heterocycles. The minimum Gasteiger partial charge on any atom is -0.461 e. The number of hydrogen-bond acceptors (Lipinski definition) is 2. The van der Waals surface area contributed by atoms with E-state index in [1.54, 1.807) is 0 Å². The van der Waals surface area contributed by atoms with Crippen molar-refractivity contribution in [2.45, 2.75) is 19.8 Å². The van der Waals surface area contributed by atoms with Gasteiger partial charge in [-0.15, -0.1) is 0 Å². The van der Waals surface area contributed by atoms with Crippen LogP contribution in [0.2, 0.25) is 0 Å². The van der Waals surface area contributed by atoms with Crippen molar-refractivity contribution in [1.82, 2.24) is 0 Å². The molecule has 0 fully saturated rings. The van der Waals surface area contributed by atoms with Gasteiger partial charge in [0.05, 0.1) is 6.61 Å². The quantitative estimate of drug-likeness (QED) is 0.393. The van der Waals surface area contributed by atoms with Crippen molar-refractivity contribution >= 4 is 29.2 Å². The standard InChI is InChI=1S/C7H10Cl2O2/c1-2-3-4-11-7(10)6(9)5-8/h5H,2-4H2,1H3/b6-5+. The van der Waals surface area contributed by atoms with E-state index in [4.69, 9.17) is 27.9 Å². The second-order valence-corrected chi connectivity index (χ2v) is 2.57. The Bertz CT molecular complexity index is 155. The summed E-state index contributed by atoms with van der Waals surface area (Å²) < 4.78 is 4.71. The van der Waals surface area contributed by atoms with E-state index >= 15 is 0 Å². The number of ether oxygens (including phenoxy) is 1. The first-order valence-electron chi connectivity index (χ1n) is 3.35. The number of rotatable bonds is 4. The molecule has 2 nitrogen and oxygen atoms in total. The van der Waals surface area contributed by atoms with Crippen molar-refractivity contribution < 1.29 is 9.53 Å². The molecule has 0 aliphatic heterocycles. The predicted octanol–water partition coefficient (Wildman–Crippen LogP) is 2.65. The topological polar surface area (TPSA) is 26.3 Å². The molecule has 11 heavy (non-hydrogen) atoms. The highest BCUT2D eigenvalue weighted by atomic mass is 35.5. The van der Waals surface area contributed by atoms with E-state index in [1.807, 2.05) is 6.92 Å². The largest absolute Gasteiger partial charge is 0.461 e. The van der Waals surface area contributed by atoms with Gasteiger partial charge in [0.2, 0.25) is 0 Å². The summed E-state index contributed by atoms with van der Waals surface area (Å²) in [5, 5.41) is -0.0808. The molecular formula is C7H10Cl2O2. The van der Waals surface area contributed by atoms with Crippen LogP contribution >= 0.6 is 23.2 Å². The van der Waals surface area contributed by atoms with E-state index in [9.17, 15) is 4.79 Å². The maximum atomic E-state index is 10.7. The molecule has 4 heteroatoms. The number of carbonyl (C=O) groups excluding carboxylic acids is 1. The number of carbonyl (C=O) groups is 1.